The Morgan fingerprint density at radius 3 is 1.61 bits per heavy atom. The quantitative estimate of drug-likeness (QED) is 0.181. The molecule has 0 heterocycles. The topological polar surface area (TPSA) is 0 Å². The lowest BCUT2D eigenvalue weighted by atomic mass is 9.72. The fourth-order valence-electron chi connectivity index (χ4n) is 5.12. The molecule has 0 aliphatic rings. The van der Waals surface area contributed by atoms with E-state index >= 15 is 0 Å². The number of quaternary nitrogens is 1. The van der Waals surface area contributed by atoms with E-state index in [1.165, 1.54) is 101 Å². The maximum atomic E-state index is 2.41. The Hall–Kier alpha value is -0.820. The van der Waals surface area contributed by atoms with E-state index in [2.05, 4.69) is 79.9 Å². The molecule has 0 unspecified atom stereocenters. The lowest BCUT2D eigenvalue weighted by Crippen LogP contribution is -2.42. The largest absolute Gasteiger partial charge is 0.328 e. The minimum Gasteiger partial charge on any atom is -0.328 e. The molecule has 0 atom stereocenters. The van der Waals surface area contributed by atoms with Crippen LogP contribution in [0.2, 0.25) is 0 Å². The number of likely N-dealkylation sites (N-methyl/N-ethyl adjacent to an activating group) is 1. The van der Waals surface area contributed by atoms with Gasteiger partial charge in [0.25, 0.3) is 0 Å². The maximum absolute atomic E-state index is 2.41. The van der Waals surface area contributed by atoms with Crippen LogP contribution in [0.1, 0.15) is 123 Å². The lowest BCUT2D eigenvalue weighted by Gasteiger charge is -2.33. The normalized spacial score (nSPS) is 13.0. The molecule has 0 spiro atoms. The van der Waals surface area contributed by atoms with E-state index in [0.29, 0.717) is 5.41 Å². The van der Waals surface area contributed by atoms with Crippen LogP contribution < -0.4 is 0 Å². The Morgan fingerprint density at radius 1 is 0.645 bits per heavy atom. The molecule has 1 aromatic rings. The number of unbranched alkanes of at least 4 members (excludes halogenated alkanes) is 9. The first kappa shape index (κ1) is 28.2. The molecule has 1 rings (SSSR count). The van der Waals surface area contributed by atoms with Gasteiger partial charge >= 0.3 is 0 Å². The van der Waals surface area contributed by atoms with Crippen molar-refractivity contribution in [2.24, 2.45) is 5.41 Å². The van der Waals surface area contributed by atoms with Crippen LogP contribution in [-0.2, 0) is 11.8 Å². The van der Waals surface area contributed by atoms with E-state index in [4.69, 9.17) is 0 Å². The van der Waals surface area contributed by atoms with Crippen LogP contribution in [0.15, 0.2) is 24.3 Å². The Bertz CT molecular complexity index is 573. The molecule has 0 saturated heterocycles. The molecular weight excluding hydrogens is 374 g/mol. The van der Waals surface area contributed by atoms with E-state index in [1.807, 2.05) is 0 Å². The summed E-state index contributed by atoms with van der Waals surface area (Å²) in [4.78, 5) is 0. The maximum Gasteiger partial charge on any atom is 0.0823 e. The molecule has 0 aliphatic carbocycles. The second kappa shape index (κ2) is 13.7. The van der Waals surface area contributed by atoms with E-state index in [0.717, 1.165) is 4.48 Å². The molecule has 0 aromatic heterocycles. The highest BCUT2D eigenvalue weighted by atomic mass is 15.3. The first-order valence-electron chi connectivity index (χ1n) is 13.4. The van der Waals surface area contributed by atoms with Gasteiger partial charge in [0.15, 0.2) is 0 Å². The van der Waals surface area contributed by atoms with Crippen LogP contribution >= 0.6 is 0 Å². The summed E-state index contributed by atoms with van der Waals surface area (Å²) in [6.07, 6.45) is 16.6. The van der Waals surface area contributed by atoms with Gasteiger partial charge in [-0.2, -0.15) is 0 Å². The fraction of sp³-hybridized carbons (Fsp3) is 0.800. The van der Waals surface area contributed by atoms with Gasteiger partial charge in [0, 0.05) is 6.42 Å². The first-order valence-corrected chi connectivity index (χ1v) is 13.4. The van der Waals surface area contributed by atoms with Gasteiger partial charge in [0.05, 0.1) is 27.2 Å². The van der Waals surface area contributed by atoms with Crippen molar-refractivity contribution >= 4 is 0 Å². The van der Waals surface area contributed by atoms with Gasteiger partial charge in [-0.3, -0.25) is 0 Å². The zero-order valence-electron chi connectivity index (χ0n) is 22.7. The van der Waals surface area contributed by atoms with Crippen molar-refractivity contribution in [3.63, 3.8) is 0 Å². The molecule has 0 saturated carbocycles. The average molecular weight is 431 g/mol. The highest BCUT2D eigenvalue weighted by Gasteiger charge is 2.27. The van der Waals surface area contributed by atoms with Crippen molar-refractivity contribution in [2.75, 3.05) is 27.2 Å². The molecule has 0 aliphatic heterocycles. The summed E-state index contributed by atoms with van der Waals surface area (Å²) < 4.78 is 1.15. The van der Waals surface area contributed by atoms with Gasteiger partial charge in [-0.1, -0.05) is 117 Å². The average Bonchev–Trinajstić information content (AvgIpc) is 2.66. The highest BCUT2D eigenvalue weighted by Crippen LogP contribution is 2.36. The summed E-state index contributed by atoms with van der Waals surface area (Å²) in [6.45, 7) is 16.7. The Morgan fingerprint density at radius 2 is 1.13 bits per heavy atom. The van der Waals surface area contributed by atoms with Crippen molar-refractivity contribution in [2.45, 2.75) is 124 Å². The number of hydrogen-bond acceptors (Lipinski definition) is 0. The number of nitrogens with zero attached hydrogens (tertiary/aromatic N) is 1. The van der Waals surface area contributed by atoms with Crippen LogP contribution in [0.5, 0.6) is 0 Å². The molecule has 0 fully saturated rings. The molecule has 1 nitrogen and oxygen atoms in total. The van der Waals surface area contributed by atoms with Crippen LogP contribution in [0.3, 0.4) is 0 Å². The third-order valence-corrected chi connectivity index (χ3v) is 6.83. The smallest absolute Gasteiger partial charge is 0.0823 e. The van der Waals surface area contributed by atoms with E-state index in [1.54, 1.807) is 0 Å². The molecule has 1 heteroatoms. The molecule has 0 bridgehead atoms. The fourth-order valence-corrected chi connectivity index (χ4v) is 5.12. The summed E-state index contributed by atoms with van der Waals surface area (Å²) in [5.41, 5.74) is 3.56. The van der Waals surface area contributed by atoms with Gasteiger partial charge in [0.2, 0.25) is 0 Å². The predicted octanol–water partition coefficient (Wildman–Crippen LogP) is 8.94. The Kier molecular flexibility index (Phi) is 12.4. The van der Waals surface area contributed by atoms with Crippen LogP contribution in [0.4, 0.5) is 0 Å². The van der Waals surface area contributed by atoms with Gasteiger partial charge in [-0.15, -0.1) is 0 Å². The van der Waals surface area contributed by atoms with E-state index in [9.17, 15) is 0 Å². The van der Waals surface area contributed by atoms with Crippen molar-refractivity contribution in [1.29, 1.82) is 0 Å². The number of rotatable bonds is 16. The Balaban J connectivity index is 2.27. The van der Waals surface area contributed by atoms with Crippen molar-refractivity contribution in [3.05, 3.63) is 35.4 Å². The van der Waals surface area contributed by atoms with Crippen molar-refractivity contribution in [3.8, 4) is 0 Å². The van der Waals surface area contributed by atoms with Crippen molar-refractivity contribution in [1.82, 2.24) is 0 Å². The van der Waals surface area contributed by atoms with E-state index < -0.39 is 0 Å². The molecular formula is C30H56N+. The van der Waals surface area contributed by atoms with E-state index in [-0.39, 0.29) is 5.41 Å². The van der Waals surface area contributed by atoms with Gasteiger partial charge in [-0.25, -0.2) is 0 Å². The van der Waals surface area contributed by atoms with Crippen molar-refractivity contribution < 1.29 is 4.48 Å². The third kappa shape index (κ3) is 13.4. The second-order valence-corrected chi connectivity index (χ2v) is 12.6. The van der Waals surface area contributed by atoms with Gasteiger partial charge in [0.1, 0.15) is 0 Å². The first-order chi connectivity index (χ1) is 14.5. The van der Waals surface area contributed by atoms with Crippen LogP contribution in [0, 0.1) is 5.41 Å². The molecule has 0 amide bonds. The molecule has 0 radical (unpaired) electrons. The van der Waals surface area contributed by atoms with Gasteiger partial charge in [-0.05, 0) is 41.2 Å². The molecule has 0 N–H and O–H groups in total. The van der Waals surface area contributed by atoms with Gasteiger partial charge < -0.3 is 4.48 Å². The third-order valence-electron chi connectivity index (χ3n) is 6.83. The zero-order chi connectivity index (χ0) is 23.4. The monoisotopic (exact) mass is 430 g/mol. The summed E-state index contributed by atoms with van der Waals surface area (Å²) in [5, 5.41) is 0. The minimum atomic E-state index is 0.238. The number of benzene rings is 1. The molecule has 31 heavy (non-hydrogen) atoms. The second-order valence-electron chi connectivity index (χ2n) is 12.6. The van der Waals surface area contributed by atoms with Crippen LogP contribution in [-0.4, -0.2) is 31.7 Å². The summed E-state index contributed by atoms with van der Waals surface area (Å²) in [5.74, 6) is 0. The summed E-state index contributed by atoms with van der Waals surface area (Å²) in [6, 6.07) is 9.51. The van der Waals surface area contributed by atoms with Crippen LogP contribution in [0.25, 0.3) is 0 Å². The SMILES string of the molecule is CCCCCCCCCCCC[N+](C)(C)CCc1ccc(C(C)(C)CC(C)(C)C)cc1. The predicted molar refractivity (Wildman–Crippen MR) is 141 cm³/mol. The minimum absolute atomic E-state index is 0.238. The Labute approximate surface area is 196 Å². The zero-order valence-corrected chi connectivity index (χ0v) is 22.7. The highest BCUT2D eigenvalue weighted by molar-refractivity contribution is 5.28. The summed E-state index contributed by atoms with van der Waals surface area (Å²) in [7, 11) is 4.82. The lowest BCUT2D eigenvalue weighted by molar-refractivity contribution is -0.890. The number of hydrogen-bond donors (Lipinski definition) is 0. The molecule has 1 aromatic carbocycles. The standard InChI is InChI=1S/C30H56N/c1-9-10-11-12-13-14-15-16-17-18-24-31(7,8)25-23-27-19-21-28(22-20-27)30(5,6)26-29(2,3)4/h19-22H,9-18,23-26H2,1-8H3/q+1. The summed E-state index contributed by atoms with van der Waals surface area (Å²) >= 11 is 0. The molecule has 180 valence electrons.